The molecule has 0 saturated carbocycles. The van der Waals surface area contributed by atoms with Gasteiger partial charge in [0.2, 0.25) is 6.79 Å². The molecule has 0 radical (unpaired) electrons. The monoisotopic (exact) mass is 424 g/mol. The van der Waals surface area contributed by atoms with Gasteiger partial charge in [-0.3, -0.25) is 0 Å². The van der Waals surface area contributed by atoms with E-state index in [1.165, 1.54) is 5.57 Å². The molecule has 2 fully saturated rings. The van der Waals surface area contributed by atoms with E-state index in [-0.39, 0.29) is 24.9 Å². The van der Waals surface area contributed by atoms with Crippen LogP contribution in [-0.4, -0.2) is 33.7 Å². The number of ether oxygens (including phenoxy) is 6. The zero-order chi connectivity index (χ0) is 21.4. The van der Waals surface area contributed by atoms with Crippen molar-refractivity contribution in [3.8, 4) is 23.0 Å². The lowest BCUT2D eigenvalue weighted by molar-refractivity contribution is 0.0191. The van der Waals surface area contributed by atoms with Gasteiger partial charge in [-0.25, -0.2) is 0 Å². The highest BCUT2D eigenvalue weighted by Gasteiger charge is 2.48. The van der Waals surface area contributed by atoms with Gasteiger partial charge in [0.1, 0.15) is 6.61 Å². The molecule has 0 aliphatic carbocycles. The quantitative estimate of drug-likeness (QED) is 0.619. The largest absolute Gasteiger partial charge is 0.493 e. The Bertz CT molecular complexity index is 980. The number of methoxy groups -OCH3 is 1. The van der Waals surface area contributed by atoms with E-state index in [0.29, 0.717) is 25.7 Å². The second kappa shape index (κ2) is 8.44. The molecular formula is C25H28O6. The first-order chi connectivity index (χ1) is 15.1. The molecule has 2 aromatic carbocycles. The topological polar surface area (TPSA) is 55.4 Å². The average molecular weight is 424 g/mol. The van der Waals surface area contributed by atoms with Gasteiger partial charge in [0, 0.05) is 11.8 Å². The van der Waals surface area contributed by atoms with Gasteiger partial charge in [-0.2, -0.15) is 0 Å². The summed E-state index contributed by atoms with van der Waals surface area (Å²) in [5.41, 5.74) is 3.43. The van der Waals surface area contributed by atoms with Crippen LogP contribution in [0.25, 0.3) is 0 Å². The zero-order valence-corrected chi connectivity index (χ0v) is 18.1. The van der Waals surface area contributed by atoms with Crippen molar-refractivity contribution in [1.82, 2.24) is 0 Å². The molecule has 4 atom stereocenters. The fourth-order valence-electron chi connectivity index (χ4n) is 4.60. The normalized spacial score (nSPS) is 25.9. The molecule has 5 rings (SSSR count). The molecule has 6 heteroatoms. The minimum Gasteiger partial charge on any atom is -0.493 e. The molecule has 2 saturated heterocycles. The lowest BCUT2D eigenvalue weighted by atomic mass is 9.85. The van der Waals surface area contributed by atoms with Crippen LogP contribution in [0.5, 0.6) is 23.0 Å². The van der Waals surface area contributed by atoms with Crippen molar-refractivity contribution >= 4 is 0 Å². The van der Waals surface area contributed by atoms with Crippen molar-refractivity contribution in [2.24, 2.45) is 11.8 Å². The predicted octanol–water partition coefficient (Wildman–Crippen LogP) is 4.84. The van der Waals surface area contributed by atoms with E-state index >= 15 is 0 Å². The second-order valence-electron chi connectivity index (χ2n) is 8.45. The Morgan fingerprint density at radius 3 is 2.29 bits per heavy atom. The summed E-state index contributed by atoms with van der Waals surface area (Å²) >= 11 is 0. The smallest absolute Gasteiger partial charge is 0.231 e. The van der Waals surface area contributed by atoms with Crippen LogP contribution in [0.2, 0.25) is 0 Å². The fourth-order valence-corrected chi connectivity index (χ4v) is 4.60. The molecule has 3 heterocycles. The molecular weight excluding hydrogens is 396 g/mol. The molecule has 6 nitrogen and oxygen atoms in total. The maximum Gasteiger partial charge on any atom is 0.231 e. The summed E-state index contributed by atoms with van der Waals surface area (Å²) in [7, 11) is 1.67. The maximum absolute atomic E-state index is 6.26. The van der Waals surface area contributed by atoms with Gasteiger partial charge in [0.25, 0.3) is 0 Å². The van der Waals surface area contributed by atoms with E-state index in [4.69, 9.17) is 28.4 Å². The first-order valence-electron chi connectivity index (χ1n) is 10.7. The van der Waals surface area contributed by atoms with E-state index in [1.807, 2.05) is 30.3 Å². The molecule has 0 bridgehead atoms. The highest BCUT2D eigenvalue weighted by atomic mass is 16.7. The summed E-state index contributed by atoms with van der Waals surface area (Å²) < 4.78 is 34.9. The Kier molecular flexibility index (Phi) is 5.50. The number of fused-ring (bicyclic) bond motifs is 2. The number of allylic oxidation sites excluding steroid dienone is 1. The molecule has 164 valence electrons. The third-order valence-electron chi connectivity index (χ3n) is 6.24. The van der Waals surface area contributed by atoms with Crippen molar-refractivity contribution in [3.63, 3.8) is 0 Å². The van der Waals surface area contributed by atoms with Crippen molar-refractivity contribution in [3.05, 3.63) is 59.2 Å². The Morgan fingerprint density at radius 2 is 1.58 bits per heavy atom. The zero-order valence-electron chi connectivity index (χ0n) is 18.1. The van der Waals surface area contributed by atoms with Gasteiger partial charge in [-0.1, -0.05) is 17.7 Å². The van der Waals surface area contributed by atoms with Crippen LogP contribution in [-0.2, 0) is 9.47 Å². The van der Waals surface area contributed by atoms with Crippen LogP contribution >= 0.6 is 0 Å². The lowest BCUT2D eigenvalue weighted by Crippen LogP contribution is -2.14. The molecule has 3 aliphatic rings. The summed E-state index contributed by atoms with van der Waals surface area (Å²) in [5.74, 6) is 3.62. The van der Waals surface area contributed by atoms with E-state index in [9.17, 15) is 0 Å². The predicted molar refractivity (Wildman–Crippen MR) is 115 cm³/mol. The number of benzene rings is 2. The highest BCUT2D eigenvalue weighted by molar-refractivity contribution is 5.46. The van der Waals surface area contributed by atoms with E-state index in [2.05, 4.69) is 26.0 Å². The van der Waals surface area contributed by atoms with Gasteiger partial charge in [0.05, 0.1) is 32.5 Å². The summed E-state index contributed by atoms with van der Waals surface area (Å²) in [6.07, 6.45) is 2.02. The van der Waals surface area contributed by atoms with Crippen molar-refractivity contribution in [2.75, 3.05) is 33.7 Å². The van der Waals surface area contributed by atoms with Crippen molar-refractivity contribution in [1.29, 1.82) is 0 Å². The average Bonchev–Trinajstić information content (AvgIpc) is 3.49. The Hall–Kier alpha value is -2.70. The van der Waals surface area contributed by atoms with Crippen LogP contribution in [0, 0.1) is 11.8 Å². The number of hydrogen-bond donors (Lipinski definition) is 0. The molecule has 0 spiro atoms. The van der Waals surface area contributed by atoms with Crippen LogP contribution < -0.4 is 18.9 Å². The van der Waals surface area contributed by atoms with Crippen LogP contribution in [0.15, 0.2) is 48.0 Å². The third-order valence-corrected chi connectivity index (χ3v) is 6.24. The molecule has 0 unspecified atom stereocenters. The fraction of sp³-hybridized carbons (Fsp3) is 0.440. The Balaban J connectivity index is 1.32. The van der Waals surface area contributed by atoms with Crippen LogP contribution in [0.1, 0.15) is 37.2 Å². The Morgan fingerprint density at radius 1 is 0.903 bits per heavy atom. The molecule has 0 aromatic heterocycles. The first kappa shape index (κ1) is 20.2. The third kappa shape index (κ3) is 3.86. The van der Waals surface area contributed by atoms with Gasteiger partial charge < -0.3 is 28.4 Å². The van der Waals surface area contributed by atoms with Gasteiger partial charge in [-0.15, -0.1) is 0 Å². The minimum atomic E-state index is -0.0234. The minimum absolute atomic E-state index is 0.00178. The van der Waals surface area contributed by atoms with Crippen LogP contribution in [0.4, 0.5) is 0 Å². The molecule has 3 aliphatic heterocycles. The molecule has 0 N–H and O–H groups in total. The number of hydrogen-bond acceptors (Lipinski definition) is 6. The molecule has 31 heavy (non-hydrogen) atoms. The summed E-state index contributed by atoms with van der Waals surface area (Å²) in [5, 5.41) is 0. The second-order valence-corrected chi connectivity index (χ2v) is 8.45. The van der Waals surface area contributed by atoms with Gasteiger partial charge >= 0.3 is 0 Å². The SMILES string of the molecule is COc1cc([C@@H]2OC[C@@H]3[C@H]2CO[C@@H]3c2ccc3c(c2)OCO3)ccc1OCC=C(C)C. The standard InChI is InChI=1S/C25H28O6/c1-15(2)8-9-27-20-6-4-16(10-22(20)26-3)24-18-12-29-25(19(18)13-28-24)17-5-7-21-23(11-17)31-14-30-21/h4-8,10-11,18-19,24-25H,9,12-14H2,1-3H3/t18-,19-,24+,25-/m1/s1. The molecule has 0 amide bonds. The molecule has 2 aromatic rings. The Labute approximate surface area is 182 Å². The highest BCUT2D eigenvalue weighted by Crippen LogP contribution is 2.51. The first-order valence-corrected chi connectivity index (χ1v) is 10.7. The maximum atomic E-state index is 6.26. The van der Waals surface area contributed by atoms with E-state index in [1.54, 1.807) is 7.11 Å². The summed E-state index contributed by atoms with van der Waals surface area (Å²) in [4.78, 5) is 0. The van der Waals surface area contributed by atoms with Crippen molar-refractivity contribution < 1.29 is 28.4 Å². The van der Waals surface area contributed by atoms with E-state index < -0.39 is 0 Å². The lowest BCUT2D eigenvalue weighted by Gasteiger charge is -2.18. The summed E-state index contributed by atoms with van der Waals surface area (Å²) in [6, 6.07) is 12.1. The van der Waals surface area contributed by atoms with Crippen molar-refractivity contribution in [2.45, 2.75) is 26.1 Å². The van der Waals surface area contributed by atoms with Gasteiger partial charge in [-0.05, 0) is 55.3 Å². The van der Waals surface area contributed by atoms with Crippen LogP contribution in [0.3, 0.4) is 0 Å². The number of rotatable bonds is 6. The summed E-state index contributed by atoms with van der Waals surface area (Å²) in [6.45, 7) is 6.23. The van der Waals surface area contributed by atoms with E-state index in [0.717, 1.165) is 34.1 Å². The van der Waals surface area contributed by atoms with Gasteiger partial charge in [0.15, 0.2) is 23.0 Å².